The van der Waals surface area contributed by atoms with Crippen LogP contribution in [0.15, 0.2) is 243 Å². The molecule has 2 amide bonds. The molecular formula is C95H108Cl4N20O2. The lowest BCUT2D eigenvalue weighted by Crippen LogP contribution is -2.51. The van der Waals surface area contributed by atoms with Crippen LogP contribution in [0.4, 0.5) is 0 Å². The number of likely N-dealkylation sites (tertiary alicyclic amines) is 1. The molecule has 0 spiro atoms. The van der Waals surface area contributed by atoms with Crippen molar-refractivity contribution in [1.29, 1.82) is 0 Å². The molecule has 2 saturated heterocycles. The minimum Gasteiger partial charge on any atom is -0.341 e. The van der Waals surface area contributed by atoms with Crippen molar-refractivity contribution in [3.8, 4) is 90.1 Å². The molecule has 16 aromatic rings. The molecule has 22 nitrogen and oxygen atoms in total. The Balaban J connectivity index is 0.000000198. The van der Waals surface area contributed by atoms with Crippen molar-refractivity contribution < 1.29 is 9.59 Å². The zero-order valence-corrected chi connectivity index (χ0v) is 66.5. The summed E-state index contributed by atoms with van der Waals surface area (Å²) in [5.74, 6) is 0.0686. The molecule has 10 heterocycles. The summed E-state index contributed by atoms with van der Waals surface area (Å²) < 4.78 is 6.88. The van der Waals surface area contributed by atoms with Gasteiger partial charge in [0, 0.05) is 103 Å². The van der Waals surface area contributed by atoms with Gasteiger partial charge < -0.3 is 14.7 Å². The molecule has 121 heavy (non-hydrogen) atoms. The summed E-state index contributed by atoms with van der Waals surface area (Å²) in [6, 6.07) is 79.4. The van der Waals surface area contributed by atoms with Crippen LogP contribution in [0.1, 0.15) is 78.7 Å². The van der Waals surface area contributed by atoms with Gasteiger partial charge in [0.25, 0.3) is 0 Å². The number of amides is 2. The highest BCUT2D eigenvalue weighted by atomic mass is 35.5. The first-order valence-electron chi connectivity index (χ1n) is 37.7. The van der Waals surface area contributed by atoms with Crippen molar-refractivity contribution in [2.24, 2.45) is 7.05 Å². The van der Waals surface area contributed by atoms with Crippen molar-refractivity contribution in [2.45, 2.75) is 104 Å². The van der Waals surface area contributed by atoms with Crippen LogP contribution in [0.3, 0.4) is 0 Å². The summed E-state index contributed by atoms with van der Waals surface area (Å²) >= 11 is 27.3. The summed E-state index contributed by atoms with van der Waals surface area (Å²) in [5.41, 5.74) is 15.5. The first kappa shape index (κ1) is 94.5. The Bertz CT molecular complexity index is 6010. The van der Waals surface area contributed by atoms with E-state index in [1.165, 1.54) is 0 Å². The predicted molar refractivity (Wildman–Crippen MR) is 501 cm³/mol. The van der Waals surface area contributed by atoms with Crippen LogP contribution in [0.2, 0.25) is 20.1 Å². The number of benzene rings is 8. The number of carbonyl (C=O) groups is 2. The maximum absolute atomic E-state index is 13.2. The van der Waals surface area contributed by atoms with Gasteiger partial charge in [-0.15, -0.1) is 40.8 Å². The normalized spacial score (nSPS) is 12.2. The van der Waals surface area contributed by atoms with E-state index in [1.54, 1.807) is 14.0 Å². The standard InChI is InChI=1S/C26H27ClN6O.C23H20ClN5O.C21H20ClN5.C18H13ClN4.7CH4/c1-18(2)31-13-15-32(16-14-31)21(34)17-33-26-22(24(30-33)19-9-5-3-6-10-19)23(27)25(28-29-26)20-11-7-4-8-12-20;24-20-19-21(16-9-3-1-4-10-16)27-29(15-18(30)28-13-7-8-14-28)23(19)26-25-22(20)17-11-5-2-6-12-17;1-26(2)13-14-27-21-17(19(25-27)15-9-5-3-6-10-15)18(22)20(23-24-21)16-11-7-4-8-12-16;1-23-18-14(16(22-23)12-8-4-2-5-9-12)15(19)17(20-21-18)13-10-6-3-7-11-13;;;;;;;/h3-12,18H,13-17H2,1-2H3;1-6,9-12H,7-8,13-15H2;3-12H,13-14H2,1-2H3;2-11H,1H3;7*1H4. The molecule has 8 aromatic carbocycles. The second-order valence-corrected chi connectivity index (χ2v) is 29.6. The molecule has 0 atom stereocenters. The zero-order valence-electron chi connectivity index (χ0n) is 63.4. The van der Waals surface area contributed by atoms with Gasteiger partial charge in [0.1, 0.15) is 58.6 Å². The average Bonchev–Trinajstić information content (AvgIpc) is 1.62. The van der Waals surface area contributed by atoms with Gasteiger partial charge in [-0.1, -0.05) is 341 Å². The smallest absolute Gasteiger partial charge is 0.244 e. The quantitative estimate of drug-likeness (QED) is 0.0877. The molecule has 0 saturated carbocycles. The largest absolute Gasteiger partial charge is 0.341 e. The number of halogens is 4. The monoisotopic (exact) mass is 1700 g/mol. The predicted octanol–water partition coefficient (Wildman–Crippen LogP) is 22.0. The molecule has 0 N–H and O–H groups in total. The van der Waals surface area contributed by atoms with Crippen molar-refractivity contribution in [1.82, 2.24) is 99.5 Å². The first-order chi connectivity index (χ1) is 55.6. The van der Waals surface area contributed by atoms with Gasteiger partial charge in [-0.2, -0.15) is 20.4 Å². The zero-order chi connectivity index (χ0) is 78.8. The Morgan fingerprint density at radius 3 is 0.843 bits per heavy atom. The lowest BCUT2D eigenvalue weighted by Gasteiger charge is -2.36. The van der Waals surface area contributed by atoms with E-state index in [1.807, 2.05) is 278 Å². The minimum absolute atomic E-state index is 0. The van der Waals surface area contributed by atoms with E-state index in [2.05, 4.69) is 69.5 Å². The van der Waals surface area contributed by atoms with Crippen LogP contribution in [-0.2, 0) is 36.3 Å². The lowest BCUT2D eigenvalue weighted by molar-refractivity contribution is -0.134. The summed E-state index contributed by atoms with van der Waals surface area (Å²) in [6.07, 6.45) is 2.10. The fourth-order valence-electron chi connectivity index (χ4n) is 14.0. The summed E-state index contributed by atoms with van der Waals surface area (Å²) in [7, 11) is 5.92. The highest BCUT2D eigenvalue weighted by Gasteiger charge is 2.30. The van der Waals surface area contributed by atoms with E-state index < -0.39 is 0 Å². The maximum Gasteiger partial charge on any atom is 0.244 e. The number of nitrogens with zero attached hydrogens (tertiary/aromatic N) is 20. The van der Waals surface area contributed by atoms with Crippen molar-refractivity contribution >= 4 is 102 Å². The van der Waals surface area contributed by atoms with Crippen LogP contribution in [0, 0.1) is 0 Å². The van der Waals surface area contributed by atoms with Gasteiger partial charge in [0.05, 0.1) is 48.2 Å². The van der Waals surface area contributed by atoms with Gasteiger partial charge in [0.15, 0.2) is 22.6 Å². The first-order valence-corrected chi connectivity index (χ1v) is 39.2. The number of carbonyl (C=O) groups excluding carboxylic acids is 2. The number of piperazine rings is 1. The third kappa shape index (κ3) is 20.7. The summed E-state index contributed by atoms with van der Waals surface area (Å²) in [5, 5.41) is 59.5. The number of likely N-dealkylation sites (N-methyl/N-ethyl adjacent to an activating group) is 1. The number of aryl methyl sites for hydroxylation is 1. The fourth-order valence-corrected chi connectivity index (χ4v) is 15.3. The molecule has 0 aliphatic carbocycles. The number of fused-ring (bicyclic) bond motifs is 4. The van der Waals surface area contributed by atoms with Crippen molar-refractivity contribution in [3.05, 3.63) is 263 Å². The molecule has 18 rings (SSSR count). The summed E-state index contributed by atoms with van der Waals surface area (Å²) in [4.78, 5) is 34.2. The van der Waals surface area contributed by atoms with E-state index in [4.69, 9.17) is 61.7 Å². The van der Waals surface area contributed by atoms with Gasteiger partial charge in [-0.25, -0.2) is 18.7 Å². The Morgan fingerprint density at radius 1 is 0.322 bits per heavy atom. The third-order valence-corrected chi connectivity index (χ3v) is 21.5. The van der Waals surface area contributed by atoms with Crippen LogP contribution in [-0.4, -0.2) is 177 Å². The minimum atomic E-state index is 0. The van der Waals surface area contributed by atoms with Crippen LogP contribution in [0.25, 0.3) is 134 Å². The Kier molecular flexibility index (Phi) is 33.8. The van der Waals surface area contributed by atoms with Gasteiger partial charge in [-0.05, 0) is 40.8 Å². The Morgan fingerprint density at radius 2 is 0.562 bits per heavy atom. The SMILES string of the molecule is C.C.C.C.C.C.C.CC(C)N1CCN(C(=O)Cn2nc(-c3ccccc3)c3c(Cl)c(-c4ccccc4)nnc32)CC1.CN(C)CCn1nc(-c2ccccc2)c2c(Cl)c(-c3ccccc3)nnc21.Cn1nc(-c2ccccc2)c2c(Cl)c(-c3ccccc3)nnc21.O=C(Cn1nc(-c2ccccc2)c2c(Cl)c(-c3ccccc3)nnc21)N1CCCC1. The Hall–Kier alpha value is -12.0. The topological polar surface area (TPSA) is 221 Å². The van der Waals surface area contributed by atoms with E-state index in [9.17, 15) is 9.59 Å². The lowest BCUT2D eigenvalue weighted by atomic mass is 10.1. The number of rotatable bonds is 16. The van der Waals surface area contributed by atoms with E-state index >= 15 is 0 Å². The molecule has 26 heteroatoms. The van der Waals surface area contributed by atoms with Crippen molar-refractivity contribution in [2.75, 3.05) is 59.9 Å². The van der Waals surface area contributed by atoms with Crippen LogP contribution < -0.4 is 0 Å². The van der Waals surface area contributed by atoms with Crippen LogP contribution >= 0.6 is 46.4 Å². The van der Waals surface area contributed by atoms with Gasteiger partial charge >= 0.3 is 0 Å². The number of hydrogen-bond acceptors (Lipinski definition) is 16. The van der Waals surface area contributed by atoms with Gasteiger partial charge in [0.2, 0.25) is 11.8 Å². The molecule has 2 aliphatic rings. The molecule has 2 aliphatic heterocycles. The molecule has 2 fully saturated rings. The third-order valence-electron chi connectivity index (χ3n) is 20.0. The second kappa shape index (κ2) is 43.3. The number of aromatic nitrogens is 16. The van der Waals surface area contributed by atoms with E-state index in [-0.39, 0.29) is 76.9 Å². The fraction of sp³-hybridized carbons (Fsp3) is 0.263. The summed E-state index contributed by atoms with van der Waals surface area (Å²) in [6.45, 7) is 10.9. The molecule has 0 radical (unpaired) electrons. The Labute approximate surface area is 730 Å². The average molecular weight is 1700 g/mol. The van der Waals surface area contributed by atoms with E-state index in [0.29, 0.717) is 113 Å². The highest BCUT2D eigenvalue weighted by molar-refractivity contribution is 6.40. The van der Waals surface area contributed by atoms with Crippen molar-refractivity contribution in [3.63, 3.8) is 0 Å². The molecular weight excluding hydrogens is 1590 g/mol. The maximum atomic E-state index is 13.2. The molecule has 0 bridgehead atoms. The second-order valence-electron chi connectivity index (χ2n) is 28.1. The molecule has 8 aromatic heterocycles. The molecule has 628 valence electrons. The number of hydrogen-bond donors (Lipinski definition) is 0. The van der Waals surface area contributed by atoms with Gasteiger partial charge in [-0.3, -0.25) is 14.5 Å². The highest BCUT2D eigenvalue weighted by Crippen LogP contribution is 2.42. The molecule has 0 unspecified atom stereocenters. The van der Waals surface area contributed by atoms with Crippen LogP contribution in [0.5, 0.6) is 0 Å². The van der Waals surface area contributed by atoms with E-state index in [0.717, 1.165) is 112 Å².